The summed E-state index contributed by atoms with van der Waals surface area (Å²) in [6.45, 7) is 6.02. The largest absolute Gasteiger partial charge is 0.453 e. The van der Waals surface area contributed by atoms with Crippen LogP contribution in [0.25, 0.3) is 44.8 Å². The lowest BCUT2D eigenvalue weighted by Gasteiger charge is -2.41. The predicted molar refractivity (Wildman–Crippen MR) is 206 cm³/mol. The molecule has 5 aliphatic rings. The molecule has 3 unspecified atom stereocenters. The number of amides is 2. The quantitative estimate of drug-likeness (QED) is 0.141. The van der Waals surface area contributed by atoms with Crippen LogP contribution in [-0.2, 0) is 9.53 Å². The summed E-state index contributed by atoms with van der Waals surface area (Å²) in [5.74, 6) is 3.34. The zero-order chi connectivity index (χ0) is 36.4. The number of piperidine rings is 1. The third-order valence-corrected chi connectivity index (χ3v) is 12.8. The first-order valence-corrected chi connectivity index (χ1v) is 19.4. The molecule has 9 nitrogen and oxygen atoms in total. The third-order valence-electron chi connectivity index (χ3n) is 12.8. The van der Waals surface area contributed by atoms with Gasteiger partial charge in [0.15, 0.2) is 0 Å². The second kappa shape index (κ2) is 13.3. The molecule has 1 aliphatic heterocycles. The van der Waals surface area contributed by atoms with Crippen molar-refractivity contribution in [3.63, 3.8) is 0 Å². The summed E-state index contributed by atoms with van der Waals surface area (Å²) in [5, 5.41) is 2.82. The number of aryl methyl sites for hydroxylation is 1. The van der Waals surface area contributed by atoms with Crippen LogP contribution in [0.3, 0.4) is 0 Å². The predicted octanol–water partition coefficient (Wildman–Crippen LogP) is 9.30. The minimum atomic E-state index is -0.635. The number of fused-ring (bicyclic) bond motifs is 3. The van der Waals surface area contributed by atoms with Crippen molar-refractivity contribution in [2.24, 2.45) is 11.8 Å². The van der Waals surface area contributed by atoms with Crippen molar-refractivity contribution in [2.75, 3.05) is 7.11 Å². The van der Waals surface area contributed by atoms with E-state index in [1.54, 1.807) is 11.1 Å². The van der Waals surface area contributed by atoms with Gasteiger partial charge in [0.05, 0.1) is 36.9 Å². The molecule has 2 aromatic heterocycles. The lowest BCUT2D eigenvalue weighted by atomic mass is 9.63. The van der Waals surface area contributed by atoms with E-state index in [1.807, 2.05) is 38.1 Å². The van der Waals surface area contributed by atoms with Crippen LogP contribution in [0.4, 0.5) is 4.79 Å². The summed E-state index contributed by atoms with van der Waals surface area (Å²) in [4.78, 5) is 44.3. The summed E-state index contributed by atoms with van der Waals surface area (Å²) in [6.07, 6.45) is 10.9. The molecule has 0 spiro atoms. The molecule has 5 aromatic rings. The van der Waals surface area contributed by atoms with E-state index in [0.717, 1.165) is 53.4 Å². The maximum Gasteiger partial charge on any atom is 0.407 e. The highest BCUT2D eigenvalue weighted by Crippen LogP contribution is 2.56. The van der Waals surface area contributed by atoms with Gasteiger partial charge in [0.25, 0.3) is 0 Å². The smallest absolute Gasteiger partial charge is 0.407 e. The van der Waals surface area contributed by atoms with Gasteiger partial charge in [-0.05, 0) is 114 Å². The average molecular weight is 709 g/mol. The van der Waals surface area contributed by atoms with Gasteiger partial charge in [-0.2, -0.15) is 0 Å². The van der Waals surface area contributed by atoms with Gasteiger partial charge in [-0.3, -0.25) is 4.79 Å². The van der Waals surface area contributed by atoms with Crippen molar-refractivity contribution in [1.29, 1.82) is 0 Å². The Morgan fingerprint density at radius 1 is 0.811 bits per heavy atom. The molecule has 3 heterocycles. The highest BCUT2D eigenvalue weighted by Gasteiger charge is 2.56. The van der Waals surface area contributed by atoms with E-state index in [0.29, 0.717) is 17.8 Å². The fourth-order valence-electron chi connectivity index (χ4n) is 9.62. The van der Waals surface area contributed by atoms with Gasteiger partial charge in [0.1, 0.15) is 17.7 Å². The number of nitrogens with one attached hydrogen (secondary N) is 3. The number of carbonyl (C=O) groups excluding carboxylic acids is 2. The number of alkyl carbamates (subject to hydrolysis) is 1. The Labute approximate surface area is 311 Å². The van der Waals surface area contributed by atoms with Crippen molar-refractivity contribution < 1.29 is 14.3 Å². The van der Waals surface area contributed by atoms with Crippen molar-refractivity contribution in [2.45, 2.75) is 95.7 Å². The van der Waals surface area contributed by atoms with Gasteiger partial charge in [-0.25, -0.2) is 14.8 Å². The first kappa shape index (κ1) is 33.6. The molecule has 3 aromatic carbocycles. The highest BCUT2D eigenvalue weighted by molar-refractivity contribution is 5.87. The number of likely N-dealkylation sites (tertiary alicyclic amines) is 1. The van der Waals surface area contributed by atoms with Gasteiger partial charge in [-0.1, -0.05) is 80.9 Å². The maximum atomic E-state index is 14.0. The molecule has 10 rings (SSSR count). The Morgan fingerprint density at radius 2 is 1.36 bits per heavy atom. The van der Waals surface area contributed by atoms with E-state index in [9.17, 15) is 9.59 Å². The number of nitrogens with zero attached hydrogens (tertiary/aromatic N) is 3. The summed E-state index contributed by atoms with van der Waals surface area (Å²) in [7, 11) is 1.33. The molecule has 53 heavy (non-hydrogen) atoms. The number of aromatic nitrogens is 4. The van der Waals surface area contributed by atoms with Gasteiger partial charge in [0, 0.05) is 6.04 Å². The number of aromatic amines is 2. The first-order valence-electron chi connectivity index (χ1n) is 19.4. The number of rotatable bonds is 9. The Kier molecular flexibility index (Phi) is 8.47. The molecule has 2 amide bonds. The molecule has 3 N–H and O–H groups in total. The normalized spacial score (nSPS) is 23.6. The Balaban J connectivity index is 0.979. The SMILES string of the molecule is CCC(C)[C@H](NC(=O)OC)C(=O)N1C2CC2C[C@H]1c1ncc(-c2ccc(-c3ccc(-c4ccc(-c5cnc(C)[nH]5)cc4)c4c3C3CCC4CC3)cc2)[nH]1. The van der Waals surface area contributed by atoms with Gasteiger partial charge in [0.2, 0.25) is 5.91 Å². The molecule has 5 atom stereocenters. The number of carbonyl (C=O) groups is 2. The van der Waals surface area contributed by atoms with Crippen LogP contribution >= 0.6 is 0 Å². The number of ether oxygens (including phenoxy) is 1. The van der Waals surface area contributed by atoms with Crippen LogP contribution in [0.15, 0.2) is 73.1 Å². The molecule has 2 saturated carbocycles. The molecule has 9 heteroatoms. The summed E-state index contributed by atoms with van der Waals surface area (Å²) in [5.41, 5.74) is 12.6. The minimum Gasteiger partial charge on any atom is -0.453 e. The number of benzene rings is 3. The summed E-state index contributed by atoms with van der Waals surface area (Å²) >= 11 is 0. The lowest BCUT2D eigenvalue weighted by Crippen LogP contribution is -2.52. The van der Waals surface area contributed by atoms with Crippen LogP contribution < -0.4 is 5.32 Å². The van der Waals surface area contributed by atoms with Crippen molar-refractivity contribution in [1.82, 2.24) is 30.2 Å². The second-order valence-corrected chi connectivity index (χ2v) is 15.8. The first-order chi connectivity index (χ1) is 25.8. The number of imidazole rings is 2. The fourth-order valence-corrected chi connectivity index (χ4v) is 9.62. The molecule has 1 saturated heterocycles. The standard InChI is InChI=1S/C44H48N6O3/c1-5-24(2)41(49-44(52)53-4)43(51)50-37-20-32(37)21-38(50)42-46-23-36(48-42)29-12-8-27(9-13-29)34-19-18-33(39-30-14-16-31(17-15-30)40(34)39)26-6-10-28(11-7-26)35-22-45-25(3)47-35/h6-13,18-19,22-24,30-32,37-38,41H,5,14-17,20-21H2,1-4H3,(H,45,47)(H,46,48)(H,49,52)/t24?,30?,31?,32?,37?,38-,41-/m0/s1. The van der Waals surface area contributed by atoms with Crippen LogP contribution in [0.1, 0.15) is 99.4 Å². The van der Waals surface area contributed by atoms with Crippen molar-refractivity contribution in [3.8, 4) is 44.8 Å². The van der Waals surface area contributed by atoms with Gasteiger partial charge >= 0.3 is 6.09 Å². The van der Waals surface area contributed by atoms with Crippen LogP contribution in [-0.4, -0.2) is 56.0 Å². The van der Waals surface area contributed by atoms with Crippen molar-refractivity contribution >= 4 is 12.0 Å². The molecular weight excluding hydrogens is 661 g/mol. The monoisotopic (exact) mass is 708 g/mol. The Hall–Kier alpha value is -5.18. The Bertz CT molecular complexity index is 2160. The third kappa shape index (κ3) is 5.94. The topological polar surface area (TPSA) is 116 Å². The van der Waals surface area contributed by atoms with E-state index < -0.39 is 12.1 Å². The van der Waals surface area contributed by atoms with E-state index in [1.165, 1.54) is 55.0 Å². The van der Waals surface area contributed by atoms with E-state index in [-0.39, 0.29) is 23.9 Å². The number of hydrogen-bond acceptors (Lipinski definition) is 5. The van der Waals surface area contributed by atoms with Crippen LogP contribution in [0.5, 0.6) is 0 Å². The zero-order valence-corrected chi connectivity index (χ0v) is 31.0. The van der Waals surface area contributed by atoms with Gasteiger partial charge < -0.3 is 24.9 Å². The number of hydrogen-bond donors (Lipinski definition) is 3. The molecular formula is C44H48N6O3. The Morgan fingerprint density at radius 3 is 1.89 bits per heavy atom. The lowest BCUT2D eigenvalue weighted by molar-refractivity contribution is -0.137. The molecule has 272 valence electrons. The van der Waals surface area contributed by atoms with Crippen LogP contribution in [0, 0.1) is 18.8 Å². The zero-order valence-electron chi connectivity index (χ0n) is 31.0. The highest BCUT2D eigenvalue weighted by atomic mass is 16.5. The average Bonchev–Trinajstić information content (AvgIpc) is 3.51. The van der Waals surface area contributed by atoms with E-state index in [4.69, 9.17) is 9.72 Å². The number of H-pyrrole nitrogens is 2. The fraction of sp³-hybridized carbons (Fsp3) is 0.409. The summed E-state index contributed by atoms with van der Waals surface area (Å²) in [6, 6.07) is 22.0. The van der Waals surface area contributed by atoms with Crippen molar-refractivity contribution in [3.05, 3.63) is 95.8 Å². The van der Waals surface area contributed by atoms with Crippen LogP contribution in [0.2, 0.25) is 0 Å². The summed E-state index contributed by atoms with van der Waals surface area (Å²) < 4.78 is 4.86. The minimum absolute atomic E-state index is 0.0216. The molecule has 2 bridgehead atoms. The molecule has 0 radical (unpaired) electrons. The second-order valence-electron chi connectivity index (χ2n) is 15.8. The van der Waals surface area contributed by atoms with E-state index >= 15 is 0 Å². The van der Waals surface area contributed by atoms with Gasteiger partial charge in [-0.15, -0.1) is 0 Å². The molecule has 3 fully saturated rings. The van der Waals surface area contributed by atoms with E-state index in [2.05, 4.69) is 80.9 Å². The number of methoxy groups -OCH3 is 1. The maximum absolute atomic E-state index is 14.0. The molecule has 4 aliphatic carbocycles.